The Balaban J connectivity index is 2.10. The lowest BCUT2D eigenvalue weighted by Gasteiger charge is -2.08. The zero-order chi connectivity index (χ0) is 14.7. The van der Waals surface area contributed by atoms with Gasteiger partial charge in [-0.25, -0.2) is 8.78 Å². The fourth-order valence-electron chi connectivity index (χ4n) is 1.70. The number of carbonyl (C=O) groups excluding carboxylic acids is 1. The third kappa shape index (κ3) is 3.54. The van der Waals surface area contributed by atoms with Crippen LogP contribution in [-0.4, -0.2) is 5.91 Å². The van der Waals surface area contributed by atoms with E-state index in [9.17, 15) is 13.6 Å². The van der Waals surface area contributed by atoms with Gasteiger partial charge in [-0.05, 0) is 39.7 Å². The Labute approximate surface area is 122 Å². The van der Waals surface area contributed by atoms with Crippen molar-refractivity contribution in [2.45, 2.75) is 6.42 Å². The molecule has 1 amide bonds. The van der Waals surface area contributed by atoms with Crippen molar-refractivity contribution in [3.63, 3.8) is 0 Å². The highest BCUT2D eigenvalue weighted by Gasteiger charge is 2.11. The van der Waals surface area contributed by atoms with E-state index in [1.807, 2.05) is 0 Å². The standard InChI is InChI=1S/C14H11BrF2N2O/c15-10-6-12(17)13(7-11(10)16)19-14(20)5-8-2-1-3-9(18)4-8/h1-4,6-7H,5,18H2,(H,19,20). The molecule has 3 nitrogen and oxygen atoms in total. The topological polar surface area (TPSA) is 55.1 Å². The number of nitrogens with two attached hydrogens (primary N) is 1. The molecule has 0 atom stereocenters. The number of halogens is 3. The van der Waals surface area contributed by atoms with Crippen LogP contribution in [-0.2, 0) is 11.2 Å². The second-order valence-electron chi connectivity index (χ2n) is 4.22. The Bertz CT molecular complexity index is 662. The van der Waals surface area contributed by atoms with Gasteiger partial charge in [-0.2, -0.15) is 0 Å². The maximum absolute atomic E-state index is 13.6. The molecular formula is C14H11BrF2N2O. The van der Waals surface area contributed by atoms with Crippen molar-refractivity contribution in [2.24, 2.45) is 0 Å². The summed E-state index contributed by atoms with van der Waals surface area (Å²) in [6.45, 7) is 0. The highest BCUT2D eigenvalue weighted by molar-refractivity contribution is 9.10. The monoisotopic (exact) mass is 340 g/mol. The van der Waals surface area contributed by atoms with Gasteiger partial charge in [0.25, 0.3) is 0 Å². The van der Waals surface area contributed by atoms with Crippen LogP contribution in [0, 0.1) is 11.6 Å². The van der Waals surface area contributed by atoms with E-state index < -0.39 is 17.5 Å². The maximum Gasteiger partial charge on any atom is 0.228 e. The molecule has 0 fully saturated rings. The predicted molar refractivity (Wildman–Crippen MR) is 77.2 cm³/mol. The summed E-state index contributed by atoms with van der Waals surface area (Å²) in [5.74, 6) is -1.80. The van der Waals surface area contributed by atoms with Gasteiger partial charge in [0.1, 0.15) is 11.6 Å². The summed E-state index contributed by atoms with van der Waals surface area (Å²) in [4.78, 5) is 11.8. The van der Waals surface area contributed by atoms with Gasteiger partial charge in [0, 0.05) is 11.8 Å². The molecule has 0 spiro atoms. The first-order chi connectivity index (χ1) is 9.45. The van der Waals surface area contributed by atoms with Gasteiger partial charge in [0.05, 0.1) is 16.6 Å². The quantitative estimate of drug-likeness (QED) is 0.663. The zero-order valence-corrected chi connectivity index (χ0v) is 11.9. The summed E-state index contributed by atoms with van der Waals surface area (Å²) in [6, 6.07) is 8.69. The minimum atomic E-state index is -0.709. The Hall–Kier alpha value is -1.95. The highest BCUT2D eigenvalue weighted by Crippen LogP contribution is 2.23. The Morgan fingerprint density at radius 2 is 1.95 bits per heavy atom. The number of nitrogens with one attached hydrogen (secondary N) is 1. The molecule has 2 aromatic rings. The number of anilines is 2. The minimum Gasteiger partial charge on any atom is -0.399 e. The summed E-state index contributed by atoms with van der Waals surface area (Å²) >= 11 is 2.87. The van der Waals surface area contributed by atoms with Crippen molar-refractivity contribution in [3.8, 4) is 0 Å². The third-order valence-electron chi connectivity index (χ3n) is 2.60. The Morgan fingerprint density at radius 3 is 2.65 bits per heavy atom. The fraction of sp³-hybridized carbons (Fsp3) is 0.0714. The molecule has 20 heavy (non-hydrogen) atoms. The van der Waals surface area contributed by atoms with E-state index in [1.54, 1.807) is 24.3 Å². The molecule has 2 rings (SSSR count). The second kappa shape index (κ2) is 6.00. The third-order valence-corrected chi connectivity index (χ3v) is 3.21. The highest BCUT2D eigenvalue weighted by atomic mass is 79.9. The lowest BCUT2D eigenvalue weighted by Crippen LogP contribution is -2.15. The van der Waals surface area contributed by atoms with Gasteiger partial charge in [0.2, 0.25) is 5.91 Å². The molecule has 2 aromatic carbocycles. The maximum atomic E-state index is 13.6. The lowest BCUT2D eigenvalue weighted by molar-refractivity contribution is -0.115. The van der Waals surface area contributed by atoms with Crippen LogP contribution in [0.2, 0.25) is 0 Å². The van der Waals surface area contributed by atoms with E-state index >= 15 is 0 Å². The van der Waals surface area contributed by atoms with Crippen molar-refractivity contribution < 1.29 is 13.6 Å². The van der Waals surface area contributed by atoms with Crippen LogP contribution in [0.3, 0.4) is 0 Å². The van der Waals surface area contributed by atoms with Crippen molar-refractivity contribution >= 4 is 33.2 Å². The molecular weight excluding hydrogens is 330 g/mol. The molecule has 0 saturated carbocycles. The number of nitrogen functional groups attached to an aromatic ring is 1. The van der Waals surface area contributed by atoms with Gasteiger partial charge in [-0.15, -0.1) is 0 Å². The van der Waals surface area contributed by atoms with Crippen LogP contribution < -0.4 is 11.1 Å². The van der Waals surface area contributed by atoms with E-state index in [2.05, 4.69) is 21.2 Å². The number of carbonyl (C=O) groups is 1. The summed E-state index contributed by atoms with van der Waals surface area (Å²) in [5, 5.41) is 2.33. The average molecular weight is 341 g/mol. The van der Waals surface area contributed by atoms with Crippen LogP contribution in [0.15, 0.2) is 40.9 Å². The molecule has 104 valence electrons. The molecule has 0 saturated heterocycles. The van der Waals surface area contributed by atoms with Gasteiger partial charge in [-0.1, -0.05) is 12.1 Å². The van der Waals surface area contributed by atoms with Gasteiger partial charge in [0.15, 0.2) is 0 Å². The Morgan fingerprint density at radius 1 is 1.20 bits per heavy atom. The molecule has 3 N–H and O–H groups in total. The van der Waals surface area contributed by atoms with Crippen LogP contribution in [0.25, 0.3) is 0 Å². The number of rotatable bonds is 3. The molecule has 0 heterocycles. The molecule has 0 aromatic heterocycles. The molecule has 0 aliphatic carbocycles. The summed E-state index contributed by atoms with van der Waals surface area (Å²) in [5.41, 5.74) is 6.64. The van der Waals surface area contributed by atoms with Crippen molar-refractivity contribution in [2.75, 3.05) is 11.1 Å². The van der Waals surface area contributed by atoms with E-state index in [4.69, 9.17) is 5.73 Å². The summed E-state index contributed by atoms with van der Waals surface area (Å²) in [7, 11) is 0. The summed E-state index contributed by atoms with van der Waals surface area (Å²) < 4.78 is 26.9. The van der Waals surface area contributed by atoms with Gasteiger partial charge < -0.3 is 11.1 Å². The molecule has 0 unspecified atom stereocenters. The molecule has 0 bridgehead atoms. The van der Waals surface area contributed by atoms with Crippen LogP contribution in [0.5, 0.6) is 0 Å². The number of hydrogen-bond donors (Lipinski definition) is 2. The smallest absolute Gasteiger partial charge is 0.228 e. The van der Waals surface area contributed by atoms with Crippen molar-refractivity contribution in [1.29, 1.82) is 0 Å². The largest absolute Gasteiger partial charge is 0.399 e. The Kier molecular flexibility index (Phi) is 4.34. The van der Waals surface area contributed by atoms with Gasteiger partial charge >= 0.3 is 0 Å². The van der Waals surface area contributed by atoms with Gasteiger partial charge in [-0.3, -0.25) is 4.79 Å². The van der Waals surface area contributed by atoms with Crippen LogP contribution in [0.1, 0.15) is 5.56 Å². The van der Waals surface area contributed by atoms with E-state index in [1.165, 1.54) is 0 Å². The minimum absolute atomic E-state index is 0.00355. The van der Waals surface area contributed by atoms with Crippen LogP contribution >= 0.6 is 15.9 Å². The van der Waals surface area contributed by atoms with E-state index in [-0.39, 0.29) is 16.6 Å². The molecule has 0 aliphatic heterocycles. The summed E-state index contributed by atoms with van der Waals surface area (Å²) in [6.07, 6.45) is 0.0299. The first-order valence-corrected chi connectivity index (χ1v) is 6.54. The molecule has 6 heteroatoms. The number of benzene rings is 2. The predicted octanol–water partition coefficient (Wildman–Crippen LogP) is 3.49. The first-order valence-electron chi connectivity index (χ1n) is 5.74. The van der Waals surface area contributed by atoms with Crippen LogP contribution in [0.4, 0.5) is 20.2 Å². The first kappa shape index (κ1) is 14.5. The SMILES string of the molecule is Nc1cccc(CC(=O)Nc2cc(F)c(Br)cc2F)c1. The fourth-order valence-corrected chi connectivity index (χ4v) is 2.02. The number of amides is 1. The zero-order valence-electron chi connectivity index (χ0n) is 10.3. The molecule has 0 radical (unpaired) electrons. The van der Waals surface area contributed by atoms with E-state index in [0.29, 0.717) is 11.3 Å². The van der Waals surface area contributed by atoms with E-state index in [0.717, 1.165) is 12.1 Å². The average Bonchev–Trinajstić information content (AvgIpc) is 2.36. The second-order valence-corrected chi connectivity index (χ2v) is 5.07. The van der Waals surface area contributed by atoms with Crippen molar-refractivity contribution in [1.82, 2.24) is 0 Å². The lowest BCUT2D eigenvalue weighted by atomic mass is 10.1. The normalized spacial score (nSPS) is 10.3. The number of hydrogen-bond acceptors (Lipinski definition) is 2. The van der Waals surface area contributed by atoms with Crippen molar-refractivity contribution in [3.05, 3.63) is 58.1 Å². The molecule has 0 aliphatic rings.